The van der Waals surface area contributed by atoms with E-state index in [1.807, 2.05) is 19.1 Å². The van der Waals surface area contributed by atoms with E-state index in [0.29, 0.717) is 18.9 Å². The van der Waals surface area contributed by atoms with Crippen molar-refractivity contribution in [2.75, 3.05) is 20.2 Å². The molecule has 3 nitrogen and oxygen atoms in total. The molecule has 0 aliphatic heterocycles. The summed E-state index contributed by atoms with van der Waals surface area (Å²) < 4.78 is 4.72. The minimum absolute atomic E-state index is 0.236. The minimum Gasteiger partial charge on any atom is -0.466 e. The van der Waals surface area contributed by atoms with Gasteiger partial charge in [0.05, 0.1) is 7.11 Å². The summed E-state index contributed by atoms with van der Waals surface area (Å²) in [7, 11) is 1.41. The van der Waals surface area contributed by atoms with E-state index in [-0.39, 0.29) is 5.97 Å². The smallest absolute Gasteiger partial charge is 0.333 e. The number of hydrogen-bond donors (Lipinski definition) is 1. The molecular weight excluding hydrogens is 238 g/mol. The maximum atomic E-state index is 11.4. The van der Waals surface area contributed by atoms with Gasteiger partial charge in [-0.2, -0.15) is 0 Å². The lowest BCUT2D eigenvalue weighted by Crippen LogP contribution is -2.21. The number of hydrogen-bond acceptors (Lipinski definition) is 3. The van der Waals surface area contributed by atoms with Gasteiger partial charge in [0.25, 0.3) is 0 Å². The first-order valence-corrected chi connectivity index (χ1v) is 6.72. The van der Waals surface area contributed by atoms with Gasteiger partial charge in [-0.25, -0.2) is 4.79 Å². The molecule has 0 aliphatic carbocycles. The number of esters is 1. The van der Waals surface area contributed by atoms with Crippen molar-refractivity contribution in [1.82, 2.24) is 5.32 Å². The Morgan fingerprint density at radius 3 is 2.63 bits per heavy atom. The quantitative estimate of drug-likeness (QED) is 0.466. The van der Waals surface area contributed by atoms with Crippen LogP contribution in [-0.4, -0.2) is 26.2 Å². The molecule has 1 aromatic rings. The normalized spacial score (nSPS) is 13.1. The van der Waals surface area contributed by atoms with Crippen LogP contribution >= 0.6 is 0 Å². The van der Waals surface area contributed by atoms with Crippen molar-refractivity contribution < 1.29 is 9.53 Å². The average molecular weight is 261 g/mol. The maximum absolute atomic E-state index is 11.4. The van der Waals surface area contributed by atoms with Crippen LogP contribution in [0.3, 0.4) is 0 Å². The summed E-state index contributed by atoms with van der Waals surface area (Å²) in [5, 5.41) is 3.34. The van der Waals surface area contributed by atoms with E-state index in [1.54, 1.807) is 0 Å². The standard InChI is InChI=1S/C16H23NO2/c1-4-14(16(18)19-3)10-11-17-12-13(2)15-8-6-5-7-9-15/h5-10,13,17H,4,11-12H2,1-3H3/b14-10-. The van der Waals surface area contributed by atoms with Gasteiger partial charge in [0, 0.05) is 18.7 Å². The van der Waals surface area contributed by atoms with Crippen LogP contribution in [0.15, 0.2) is 42.0 Å². The van der Waals surface area contributed by atoms with Crippen molar-refractivity contribution >= 4 is 5.97 Å². The third-order valence-electron chi connectivity index (χ3n) is 3.14. The first-order chi connectivity index (χ1) is 9.19. The average Bonchev–Trinajstić information content (AvgIpc) is 2.47. The van der Waals surface area contributed by atoms with Gasteiger partial charge in [0.2, 0.25) is 0 Å². The van der Waals surface area contributed by atoms with Crippen LogP contribution in [0.2, 0.25) is 0 Å². The zero-order valence-electron chi connectivity index (χ0n) is 12.0. The molecule has 1 aromatic carbocycles. The van der Waals surface area contributed by atoms with Gasteiger partial charge in [0.1, 0.15) is 0 Å². The number of carbonyl (C=O) groups excluding carboxylic acids is 1. The fourth-order valence-electron chi connectivity index (χ4n) is 1.90. The molecule has 104 valence electrons. The van der Waals surface area contributed by atoms with Crippen LogP contribution in [0.25, 0.3) is 0 Å². The van der Waals surface area contributed by atoms with E-state index >= 15 is 0 Å². The monoisotopic (exact) mass is 261 g/mol. The van der Waals surface area contributed by atoms with Crippen LogP contribution in [-0.2, 0) is 9.53 Å². The maximum Gasteiger partial charge on any atom is 0.333 e. The van der Waals surface area contributed by atoms with Crippen molar-refractivity contribution in [3.05, 3.63) is 47.5 Å². The molecule has 0 saturated heterocycles. The first kappa shape index (κ1) is 15.4. The lowest BCUT2D eigenvalue weighted by Gasteiger charge is -2.12. The number of methoxy groups -OCH3 is 1. The molecule has 0 amide bonds. The van der Waals surface area contributed by atoms with Gasteiger partial charge in [-0.1, -0.05) is 50.3 Å². The second-order valence-corrected chi connectivity index (χ2v) is 4.54. The highest BCUT2D eigenvalue weighted by molar-refractivity contribution is 5.88. The van der Waals surface area contributed by atoms with E-state index < -0.39 is 0 Å². The SMILES string of the molecule is CC/C(=C/CNCC(C)c1ccccc1)C(=O)OC. The Labute approximate surface area is 115 Å². The summed E-state index contributed by atoms with van der Waals surface area (Å²) >= 11 is 0. The second kappa shape index (κ2) is 8.48. The number of benzene rings is 1. The largest absolute Gasteiger partial charge is 0.466 e. The molecule has 19 heavy (non-hydrogen) atoms. The van der Waals surface area contributed by atoms with Crippen molar-refractivity contribution in [2.45, 2.75) is 26.2 Å². The summed E-state index contributed by atoms with van der Waals surface area (Å²) in [4.78, 5) is 11.4. The number of nitrogens with one attached hydrogen (secondary N) is 1. The van der Waals surface area contributed by atoms with Gasteiger partial charge in [-0.05, 0) is 17.9 Å². The summed E-state index contributed by atoms with van der Waals surface area (Å²) in [6, 6.07) is 10.4. The van der Waals surface area contributed by atoms with Crippen LogP contribution in [0.1, 0.15) is 31.7 Å². The van der Waals surface area contributed by atoms with Crippen LogP contribution in [0.4, 0.5) is 0 Å². The lowest BCUT2D eigenvalue weighted by atomic mass is 10.0. The van der Waals surface area contributed by atoms with Crippen LogP contribution < -0.4 is 5.32 Å². The van der Waals surface area contributed by atoms with Crippen LogP contribution in [0, 0.1) is 0 Å². The fraction of sp³-hybridized carbons (Fsp3) is 0.438. The molecule has 1 atom stereocenters. The Morgan fingerprint density at radius 2 is 2.05 bits per heavy atom. The number of carbonyl (C=O) groups is 1. The molecular formula is C16H23NO2. The topological polar surface area (TPSA) is 38.3 Å². The van der Waals surface area contributed by atoms with Gasteiger partial charge >= 0.3 is 5.97 Å². The molecule has 1 unspecified atom stereocenters. The van der Waals surface area contributed by atoms with Gasteiger partial charge in [-0.3, -0.25) is 0 Å². The lowest BCUT2D eigenvalue weighted by molar-refractivity contribution is -0.136. The molecule has 0 radical (unpaired) electrons. The highest BCUT2D eigenvalue weighted by atomic mass is 16.5. The molecule has 0 bridgehead atoms. The Balaban J connectivity index is 2.38. The third-order valence-corrected chi connectivity index (χ3v) is 3.14. The van der Waals surface area contributed by atoms with Crippen molar-refractivity contribution in [2.24, 2.45) is 0 Å². The van der Waals surface area contributed by atoms with Crippen molar-refractivity contribution in [3.63, 3.8) is 0 Å². The van der Waals surface area contributed by atoms with E-state index in [2.05, 4.69) is 36.5 Å². The molecule has 1 N–H and O–H groups in total. The Hall–Kier alpha value is -1.61. The third kappa shape index (κ3) is 5.26. The summed E-state index contributed by atoms with van der Waals surface area (Å²) in [5.74, 6) is 0.221. The Kier molecular flexibility index (Phi) is 6.90. The second-order valence-electron chi connectivity index (χ2n) is 4.54. The van der Waals surface area contributed by atoms with E-state index in [1.165, 1.54) is 12.7 Å². The fourth-order valence-corrected chi connectivity index (χ4v) is 1.90. The van der Waals surface area contributed by atoms with Gasteiger partial charge in [0.15, 0.2) is 0 Å². The Morgan fingerprint density at radius 1 is 1.37 bits per heavy atom. The molecule has 0 saturated carbocycles. The van der Waals surface area contributed by atoms with Gasteiger partial charge in [-0.15, -0.1) is 0 Å². The highest BCUT2D eigenvalue weighted by Crippen LogP contribution is 2.12. The molecule has 0 fully saturated rings. The molecule has 0 heterocycles. The summed E-state index contributed by atoms with van der Waals surface area (Å²) in [6.45, 7) is 5.72. The predicted octanol–water partition coefficient (Wildman–Crippen LogP) is 2.89. The Bertz CT molecular complexity index is 412. The predicted molar refractivity (Wildman–Crippen MR) is 78.1 cm³/mol. The zero-order chi connectivity index (χ0) is 14.1. The minimum atomic E-state index is -0.236. The number of ether oxygens (including phenoxy) is 1. The highest BCUT2D eigenvalue weighted by Gasteiger charge is 2.06. The summed E-state index contributed by atoms with van der Waals surface area (Å²) in [5.41, 5.74) is 2.05. The first-order valence-electron chi connectivity index (χ1n) is 6.72. The molecule has 0 aromatic heterocycles. The molecule has 1 rings (SSSR count). The summed E-state index contributed by atoms with van der Waals surface area (Å²) in [6.07, 6.45) is 2.60. The van der Waals surface area contributed by atoms with E-state index in [0.717, 1.165) is 12.1 Å². The molecule has 0 aliphatic rings. The molecule has 0 spiro atoms. The van der Waals surface area contributed by atoms with Crippen molar-refractivity contribution in [1.29, 1.82) is 0 Å². The number of rotatable bonds is 7. The van der Waals surface area contributed by atoms with E-state index in [4.69, 9.17) is 4.74 Å². The van der Waals surface area contributed by atoms with Crippen LogP contribution in [0.5, 0.6) is 0 Å². The molecule has 3 heteroatoms. The van der Waals surface area contributed by atoms with E-state index in [9.17, 15) is 4.79 Å². The van der Waals surface area contributed by atoms with Gasteiger partial charge < -0.3 is 10.1 Å². The van der Waals surface area contributed by atoms with Crippen molar-refractivity contribution in [3.8, 4) is 0 Å². The zero-order valence-corrected chi connectivity index (χ0v) is 12.0.